The minimum absolute atomic E-state index is 0.0732. The van der Waals surface area contributed by atoms with E-state index in [0.29, 0.717) is 6.54 Å². The molecule has 0 spiro atoms. The molecule has 1 fully saturated rings. The molecule has 1 aromatic rings. The van der Waals surface area contributed by atoms with Gasteiger partial charge in [-0.1, -0.05) is 18.2 Å². The number of benzene rings is 1. The van der Waals surface area contributed by atoms with Crippen LogP contribution in [-0.2, 0) is 0 Å². The Hall–Kier alpha value is -1.51. The van der Waals surface area contributed by atoms with E-state index in [2.05, 4.69) is 36.6 Å². The zero-order chi connectivity index (χ0) is 10.1. The van der Waals surface area contributed by atoms with Crippen molar-refractivity contribution in [3.8, 4) is 0 Å². The highest BCUT2D eigenvalue weighted by Gasteiger charge is 2.22. The number of hydrogen-bond acceptors (Lipinski definition) is 1. The maximum absolute atomic E-state index is 11.0. The molecule has 74 valence electrons. The van der Waals surface area contributed by atoms with Gasteiger partial charge in [0.15, 0.2) is 0 Å². The Kier molecular flexibility index (Phi) is 2.15. The van der Waals surface area contributed by atoms with Crippen LogP contribution >= 0.6 is 0 Å². The number of urea groups is 1. The Morgan fingerprint density at radius 2 is 2.14 bits per heavy atom. The third-order valence-electron chi connectivity index (χ3n) is 2.79. The molecule has 1 aromatic carbocycles. The highest BCUT2D eigenvalue weighted by atomic mass is 16.2. The Balaban J connectivity index is 2.32. The first-order chi connectivity index (χ1) is 6.68. The number of nitrogens with one attached hydrogen (secondary N) is 2. The molecule has 3 heteroatoms. The molecule has 1 atom stereocenters. The molecule has 0 aliphatic carbocycles. The molecule has 1 saturated heterocycles. The fourth-order valence-corrected chi connectivity index (χ4v) is 1.79. The molecule has 3 nitrogen and oxygen atoms in total. The van der Waals surface area contributed by atoms with Crippen molar-refractivity contribution in [1.82, 2.24) is 10.6 Å². The van der Waals surface area contributed by atoms with Crippen molar-refractivity contribution in [2.75, 3.05) is 6.54 Å². The molecule has 14 heavy (non-hydrogen) atoms. The van der Waals surface area contributed by atoms with Gasteiger partial charge in [-0.3, -0.25) is 0 Å². The smallest absolute Gasteiger partial charge is 0.315 e. The summed E-state index contributed by atoms with van der Waals surface area (Å²) in [5.41, 5.74) is 3.74. The van der Waals surface area contributed by atoms with E-state index in [1.54, 1.807) is 0 Å². The summed E-state index contributed by atoms with van der Waals surface area (Å²) >= 11 is 0. The lowest BCUT2D eigenvalue weighted by molar-refractivity contribution is 0.247. The van der Waals surface area contributed by atoms with Crippen molar-refractivity contribution in [3.63, 3.8) is 0 Å². The molecule has 2 amide bonds. The van der Waals surface area contributed by atoms with Crippen LogP contribution < -0.4 is 10.6 Å². The van der Waals surface area contributed by atoms with Gasteiger partial charge in [-0.25, -0.2) is 4.79 Å². The maximum Gasteiger partial charge on any atom is 0.315 e. The van der Waals surface area contributed by atoms with Crippen LogP contribution in [0.2, 0.25) is 0 Å². The number of hydrogen-bond donors (Lipinski definition) is 2. The maximum atomic E-state index is 11.0. The molecule has 0 aromatic heterocycles. The number of amides is 2. The van der Waals surface area contributed by atoms with Crippen molar-refractivity contribution in [1.29, 1.82) is 0 Å². The lowest BCUT2D eigenvalue weighted by atomic mass is 9.98. The van der Waals surface area contributed by atoms with Gasteiger partial charge in [-0.05, 0) is 30.5 Å². The van der Waals surface area contributed by atoms with E-state index in [4.69, 9.17) is 0 Å². The molecule has 1 heterocycles. The highest BCUT2D eigenvalue weighted by molar-refractivity contribution is 5.77. The van der Waals surface area contributed by atoms with Crippen molar-refractivity contribution in [2.24, 2.45) is 0 Å². The predicted molar refractivity (Wildman–Crippen MR) is 55.2 cm³/mol. The summed E-state index contributed by atoms with van der Waals surface area (Å²) in [6.07, 6.45) is 0. The van der Waals surface area contributed by atoms with Crippen LogP contribution in [-0.4, -0.2) is 12.6 Å². The summed E-state index contributed by atoms with van der Waals surface area (Å²) in [6.45, 7) is 4.86. The number of aryl methyl sites for hydroxylation is 1. The standard InChI is InChI=1S/C11H14N2O/c1-7-4-3-5-9(8(7)2)10-6-12-11(14)13-10/h3-5,10H,6H2,1-2H3,(H2,12,13,14)/t10-/m1/s1. The van der Waals surface area contributed by atoms with Crippen molar-refractivity contribution < 1.29 is 4.79 Å². The van der Waals surface area contributed by atoms with Gasteiger partial charge in [0.2, 0.25) is 0 Å². The summed E-state index contributed by atoms with van der Waals surface area (Å²) in [5, 5.41) is 5.65. The fraction of sp³-hybridized carbons (Fsp3) is 0.364. The molecule has 2 N–H and O–H groups in total. The number of carbonyl (C=O) groups is 1. The highest BCUT2D eigenvalue weighted by Crippen LogP contribution is 2.21. The fourth-order valence-electron chi connectivity index (χ4n) is 1.79. The second-order valence-electron chi connectivity index (χ2n) is 3.70. The molecule has 1 aliphatic rings. The Morgan fingerprint density at radius 3 is 2.79 bits per heavy atom. The quantitative estimate of drug-likeness (QED) is 0.694. The van der Waals surface area contributed by atoms with Crippen molar-refractivity contribution in [3.05, 3.63) is 34.9 Å². The van der Waals surface area contributed by atoms with Gasteiger partial charge in [0.25, 0.3) is 0 Å². The summed E-state index contributed by atoms with van der Waals surface area (Å²) in [6, 6.07) is 6.24. The van der Waals surface area contributed by atoms with Gasteiger partial charge in [0.1, 0.15) is 0 Å². The van der Waals surface area contributed by atoms with E-state index >= 15 is 0 Å². The monoisotopic (exact) mass is 190 g/mol. The normalized spacial score (nSPS) is 20.4. The van der Waals surface area contributed by atoms with Crippen LogP contribution in [0.1, 0.15) is 22.7 Å². The first kappa shape index (κ1) is 9.06. The lowest BCUT2D eigenvalue weighted by Crippen LogP contribution is -2.22. The van der Waals surface area contributed by atoms with Gasteiger partial charge in [0, 0.05) is 6.54 Å². The largest absolute Gasteiger partial charge is 0.336 e. The summed E-state index contributed by atoms with van der Waals surface area (Å²) in [4.78, 5) is 11.0. The van der Waals surface area contributed by atoms with Crippen molar-refractivity contribution in [2.45, 2.75) is 19.9 Å². The molecule has 0 radical (unpaired) electrons. The first-order valence-electron chi connectivity index (χ1n) is 4.79. The van der Waals surface area contributed by atoms with E-state index in [0.717, 1.165) is 0 Å². The SMILES string of the molecule is Cc1cccc([C@H]2CNC(=O)N2)c1C. The topological polar surface area (TPSA) is 41.1 Å². The molecule has 1 aliphatic heterocycles. The molecular formula is C11H14N2O. The summed E-state index contributed by atoms with van der Waals surface area (Å²) in [7, 11) is 0. The van der Waals surface area contributed by atoms with Crippen LogP contribution in [0.4, 0.5) is 4.79 Å². The van der Waals surface area contributed by atoms with Gasteiger partial charge in [-0.2, -0.15) is 0 Å². The minimum atomic E-state index is -0.0732. The van der Waals surface area contributed by atoms with E-state index in [9.17, 15) is 4.79 Å². The summed E-state index contributed by atoms with van der Waals surface area (Å²) in [5.74, 6) is 0. The average Bonchev–Trinajstić information content (AvgIpc) is 2.57. The Labute approximate surface area is 83.5 Å². The lowest BCUT2D eigenvalue weighted by Gasteiger charge is -2.13. The number of carbonyl (C=O) groups excluding carboxylic acids is 1. The zero-order valence-electron chi connectivity index (χ0n) is 8.42. The molecular weight excluding hydrogens is 176 g/mol. The predicted octanol–water partition coefficient (Wildman–Crippen LogP) is 1.66. The number of rotatable bonds is 1. The molecule has 0 bridgehead atoms. The third kappa shape index (κ3) is 1.45. The van der Waals surface area contributed by atoms with Crippen LogP contribution in [0.3, 0.4) is 0 Å². The van der Waals surface area contributed by atoms with E-state index in [1.165, 1.54) is 16.7 Å². The second kappa shape index (κ2) is 3.33. The zero-order valence-corrected chi connectivity index (χ0v) is 8.42. The van der Waals surface area contributed by atoms with E-state index < -0.39 is 0 Å². The van der Waals surface area contributed by atoms with Crippen molar-refractivity contribution >= 4 is 6.03 Å². The molecule has 2 rings (SSSR count). The van der Waals surface area contributed by atoms with Crippen LogP contribution in [0.25, 0.3) is 0 Å². The van der Waals surface area contributed by atoms with Gasteiger partial charge in [0.05, 0.1) is 6.04 Å². The Morgan fingerprint density at radius 1 is 1.36 bits per heavy atom. The first-order valence-corrected chi connectivity index (χ1v) is 4.79. The van der Waals surface area contributed by atoms with Gasteiger partial charge >= 0.3 is 6.03 Å². The van der Waals surface area contributed by atoms with Gasteiger partial charge in [-0.15, -0.1) is 0 Å². The van der Waals surface area contributed by atoms with Crippen LogP contribution in [0.15, 0.2) is 18.2 Å². The Bertz CT molecular complexity index is 374. The molecule has 0 saturated carbocycles. The van der Waals surface area contributed by atoms with Crippen LogP contribution in [0, 0.1) is 13.8 Å². The second-order valence-corrected chi connectivity index (χ2v) is 3.70. The van der Waals surface area contributed by atoms with Crippen LogP contribution in [0.5, 0.6) is 0 Å². The van der Waals surface area contributed by atoms with E-state index in [-0.39, 0.29) is 12.1 Å². The van der Waals surface area contributed by atoms with E-state index in [1.807, 2.05) is 6.07 Å². The minimum Gasteiger partial charge on any atom is -0.336 e. The summed E-state index contributed by atoms with van der Waals surface area (Å²) < 4.78 is 0. The third-order valence-corrected chi connectivity index (χ3v) is 2.79. The average molecular weight is 190 g/mol. The molecule has 0 unspecified atom stereocenters. The van der Waals surface area contributed by atoms with Gasteiger partial charge < -0.3 is 10.6 Å².